The molecule has 0 saturated carbocycles. The molecule has 1 atom stereocenters. The van der Waals surface area contributed by atoms with Crippen LogP contribution in [0, 0.1) is 6.92 Å². The fraction of sp³-hybridized carbons (Fsp3) is 0.474. The first-order valence-electron chi connectivity index (χ1n) is 9.26. The summed E-state index contributed by atoms with van der Waals surface area (Å²) in [4.78, 5) is 37.7. The third kappa shape index (κ3) is 2.97. The summed E-state index contributed by atoms with van der Waals surface area (Å²) in [5, 5.41) is 0.559. The number of fused-ring (bicyclic) bond motifs is 1. The van der Waals surface area contributed by atoms with Crippen LogP contribution >= 0.6 is 11.3 Å². The van der Waals surface area contributed by atoms with Crippen LogP contribution < -0.4 is 5.56 Å². The molecule has 0 aromatic carbocycles. The Balaban J connectivity index is 1.65. The van der Waals surface area contributed by atoms with Gasteiger partial charge in [0.2, 0.25) is 0 Å². The molecule has 1 aliphatic heterocycles. The lowest BCUT2D eigenvalue weighted by atomic mass is 9.96. The minimum absolute atomic E-state index is 0.00291. The molecule has 27 heavy (non-hydrogen) atoms. The number of aryl methyl sites for hydroxylation is 3. The van der Waals surface area contributed by atoms with Crippen molar-refractivity contribution in [3.8, 4) is 0 Å². The molecule has 1 amide bonds. The van der Waals surface area contributed by atoms with Gasteiger partial charge in [0, 0.05) is 45.0 Å². The largest absolute Gasteiger partial charge is 0.337 e. The van der Waals surface area contributed by atoms with Crippen molar-refractivity contribution in [2.45, 2.75) is 39.2 Å². The van der Waals surface area contributed by atoms with Gasteiger partial charge in [0.15, 0.2) is 0 Å². The average molecular weight is 385 g/mol. The molecule has 0 N–H and O–H groups in total. The Hall–Kier alpha value is -2.48. The van der Waals surface area contributed by atoms with Gasteiger partial charge in [0.05, 0.1) is 16.6 Å². The van der Waals surface area contributed by atoms with Crippen molar-refractivity contribution in [1.82, 2.24) is 24.0 Å². The molecular formula is C19H23N5O2S. The van der Waals surface area contributed by atoms with Gasteiger partial charge in [-0.25, -0.2) is 9.97 Å². The van der Waals surface area contributed by atoms with Gasteiger partial charge in [-0.15, -0.1) is 11.3 Å². The molecule has 0 bridgehead atoms. The number of rotatable bonds is 3. The van der Waals surface area contributed by atoms with E-state index in [9.17, 15) is 9.59 Å². The second-order valence-corrected chi connectivity index (χ2v) is 8.06. The maximum atomic E-state index is 13.2. The van der Waals surface area contributed by atoms with Crippen molar-refractivity contribution >= 4 is 27.5 Å². The summed E-state index contributed by atoms with van der Waals surface area (Å²) in [6.45, 7) is 6.23. The van der Waals surface area contributed by atoms with Crippen molar-refractivity contribution in [2.75, 3.05) is 13.1 Å². The molecule has 4 rings (SSSR count). The molecule has 0 radical (unpaired) electrons. The maximum absolute atomic E-state index is 13.2. The second kappa shape index (κ2) is 6.92. The van der Waals surface area contributed by atoms with Gasteiger partial charge in [-0.2, -0.15) is 0 Å². The summed E-state index contributed by atoms with van der Waals surface area (Å²) < 4.78 is 3.61. The summed E-state index contributed by atoms with van der Waals surface area (Å²) in [6, 6.07) is 0. The number of aromatic nitrogens is 4. The molecule has 3 aromatic rings. The molecular weight excluding hydrogens is 362 g/mol. The Morgan fingerprint density at radius 3 is 2.96 bits per heavy atom. The third-order valence-electron chi connectivity index (χ3n) is 5.37. The fourth-order valence-corrected chi connectivity index (χ4v) is 4.98. The van der Waals surface area contributed by atoms with E-state index >= 15 is 0 Å². The molecule has 1 saturated heterocycles. The van der Waals surface area contributed by atoms with Gasteiger partial charge in [-0.05, 0) is 32.3 Å². The van der Waals surface area contributed by atoms with Crippen LogP contribution in [0.1, 0.15) is 46.7 Å². The summed E-state index contributed by atoms with van der Waals surface area (Å²) in [5.41, 5.74) is 0.639. The predicted molar refractivity (Wildman–Crippen MR) is 105 cm³/mol. The number of carbonyl (C=O) groups excluding carboxylic acids is 1. The Bertz CT molecular complexity index is 1060. The molecule has 1 fully saturated rings. The SMILES string of the molecule is CCn1ccnc1[C@@H]1CCCN(C(=O)c2sc3ncn(C)c(=O)c3c2C)C1. The zero-order valence-electron chi connectivity index (χ0n) is 15.8. The van der Waals surface area contributed by atoms with Crippen molar-refractivity contribution in [3.63, 3.8) is 0 Å². The Morgan fingerprint density at radius 1 is 1.37 bits per heavy atom. The number of nitrogens with zero attached hydrogens (tertiary/aromatic N) is 5. The first-order valence-corrected chi connectivity index (χ1v) is 10.1. The van der Waals surface area contributed by atoms with E-state index < -0.39 is 0 Å². The van der Waals surface area contributed by atoms with Crippen LogP contribution in [0.3, 0.4) is 0 Å². The van der Waals surface area contributed by atoms with Gasteiger partial charge in [0.25, 0.3) is 11.5 Å². The maximum Gasteiger partial charge on any atom is 0.264 e. The highest BCUT2D eigenvalue weighted by Gasteiger charge is 2.30. The average Bonchev–Trinajstić information content (AvgIpc) is 3.29. The zero-order valence-corrected chi connectivity index (χ0v) is 16.6. The van der Waals surface area contributed by atoms with E-state index in [0.29, 0.717) is 21.6 Å². The number of piperidine rings is 1. The molecule has 0 unspecified atom stereocenters. The van der Waals surface area contributed by atoms with Crippen LogP contribution in [0.25, 0.3) is 10.2 Å². The Kier molecular flexibility index (Phi) is 4.59. The van der Waals surface area contributed by atoms with Crippen molar-refractivity contribution in [1.29, 1.82) is 0 Å². The van der Waals surface area contributed by atoms with Crippen LogP contribution in [0.2, 0.25) is 0 Å². The van der Waals surface area contributed by atoms with Crippen LogP contribution in [0.5, 0.6) is 0 Å². The minimum Gasteiger partial charge on any atom is -0.337 e. The van der Waals surface area contributed by atoms with E-state index in [0.717, 1.165) is 37.3 Å². The zero-order chi connectivity index (χ0) is 19.1. The molecule has 0 aliphatic carbocycles. The van der Waals surface area contributed by atoms with Gasteiger partial charge in [-0.3, -0.25) is 9.59 Å². The van der Waals surface area contributed by atoms with Crippen molar-refractivity contribution in [3.05, 3.63) is 45.3 Å². The lowest BCUT2D eigenvalue weighted by molar-refractivity contribution is 0.0707. The van der Waals surface area contributed by atoms with Gasteiger partial charge in [-0.1, -0.05) is 0 Å². The highest BCUT2D eigenvalue weighted by molar-refractivity contribution is 7.20. The first-order chi connectivity index (χ1) is 13.0. The molecule has 8 heteroatoms. The summed E-state index contributed by atoms with van der Waals surface area (Å²) in [6.07, 6.45) is 7.33. The van der Waals surface area contributed by atoms with Crippen LogP contribution in [0.4, 0.5) is 0 Å². The van der Waals surface area contributed by atoms with E-state index in [4.69, 9.17) is 0 Å². The van der Waals surface area contributed by atoms with E-state index in [-0.39, 0.29) is 17.4 Å². The number of carbonyl (C=O) groups is 1. The molecule has 0 spiro atoms. The quantitative estimate of drug-likeness (QED) is 0.694. The minimum atomic E-state index is -0.103. The Labute approximate surface area is 161 Å². The number of likely N-dealkylation sites (tertiary alicyclic amines) is 1. The van der Waals surface area contributed by atoms with E-state index in [2.05, 4.69) is 21.5 Å². The predicted octanol–water partition coefficient (Wildman–Crippen LogP) is 2.54. The first kappa shape index (κ1) is 17.9. The van der Waals surface area contributed by atoms with Crippen LogP contribution in [0.15, 0.2) is 23.5 Å². The normalized spacial score (nSPS) is 17.6. The van der Waals surface area contributed by atoms with Crippen LogP contribution in [-0.2, 0) is 13.6 Å². The summed E-state index contributed by atoms with van der Waals surface area (Å²) in [5.74, 6) is 1.30. The monoisotopic (exact) mass is 385 g/mol. The fourth-order valence-electron chi connectivity index (χ4n) is 3.88. The number of hydrogen-bond donors (Lipinski definition) is 0. The highest BCUT2D eigenvalue weighted by atomic mass is 32.1. The third-order valence-corrected chi connectivity index (χ3v) is 6.55. The standard InChI is InChI=1S/C19H23N5O2S/c1-4-23-9-7-20-16(23)13-6-5-8-24(10-13)19(26)15-12(2)14-17(27-15)21-11-22(3)18(14)25/h7,9,11,13H,4-6,8,10H2,1-3H3/t13-/m1/s1. The lowest BCUT2D eigenvalue weighted by Crippen LogP contribution is -2.39. The second-order valence-electron chi connectivity index (χ2n) is 7.06. The number of amides is 1. The molecule has 1 aliphatic rings. The number of thiophene rings is 1. The molecule has 7 nitrogen and oxygen atoms in total. The molecule has 3 aromatic heterocycles. The summed E-state index contributed by atoms with van der Waals surface area (Å²) in [7, 11) is 1.68. The number of imidazole rings is 1. The molecule has 4 heterocycles. The van der Waals surface area contributed by atoms with Gasteiger partial charge >= 0.3 is 0 Å². The van der Waals surface area contributed by atoms with Crippen molar-refractivity contribution in [2.24, 2.45) is 7.05 Å². The molecule has 142 valence electrons. The highest BCUT2D eigenvalue weighted by Crippen LogP contribution is 2.31. The van der Waals surface area contributed by atoms with Gasteiger partial charge < -0.3 is 14.0 Å². The summed E-state index contributed by atoms with van der Waals surface area (Å²) >= 11 is 1.32. The lowest BCUT2D eigenvalue weighted by Gasteiger charge is -2.32. The Morgan fingerprint density at radius 2 is 2.19 bits per heavy atom. The van der Waals surface area contributed by atoms with Gasteiger partial charge in [0.1, 0.15) is 10.7 Å². The topological polar surface area (TPSA) is 73.0 Å². The smallest absolute Gasteiger partial charge is 0.264 e. The van der Waals surface area contributed by atoms with E-state index in [1.165, 1.54) is 22.2 Å². The van der Waals surface area contributed by atoms with E-state index in [1.807, 2.05) is 24.2 Å². The number of hydrogen-bond acceptors (Lipinski definition) is 5. The van der Waals surface area contributed by atoms with Crippen molar-refractivity contribution < 1.29 is 4.79 Å². The van der Waals surface area contributed by atoms with E-state index in [1.54, 1.807) is 7.05 Å². The van der Waals surface area contributed by atoms with Crippen LogP contribution in [-0.4, -0.2) is 43.0 Å².